The molecule has 29 heavy (non-hydrogen) atoms. The maximum Gasteiger partial charge on any atom is 0.158 e. The summed E-state index contributed by atoms with van der Waals surface area (Å²) >= 11 is 0. The van der Waals surface area contributed by atoms with Crippen LogP contribution in [-0.2, 0) is 19.8 Å². The average Bonchev–Trinajstić information content (AvgIpc) is 3.35. The Morgan fingerprint density at radius 3 is 2.83 bits per heavy atom. The third kappa shape index (κ3) is 3.83. The van der Waals surface area contributed by atoms with Crippen LogP contribution in [0, 0.1) is 6.92 Å². The lowest BCUT2D eigenvalue weighted by atomic mass is 9.97. The minimum absolute atomic E-state index is 0.109. The number of pyridine rings is 2. The summed E-state index contributed by atoms with van der Waals surface area (Å²) in [6.07, 6.45) is 4.23. The molecule has 8 nitrogen and oxygen atoms in total. The maximum absolute atomic E-state index is 6.10. The topological polar surface area (TPSA) is 80.5 Å². The number of rotatable bonds is 7. The quantitative estimate of drug-likeness (QED) is 0.605. The highest BCUT2D eigenvalue weighted by atomic mass is 16.6. The van der Waals surface area contributed by atoms with E-state index < -0.39 is 5.60 Å². The number of hydrogen-bond acceptors (Lipinski definition) is 7. The van der Waals surface area contributed by atoms with E-state index >= 15 is 0 Å². The highest BCUT2D eigenvalue weighted by molar-refractivity contribution is 5.79. The van der Waals surface area contributed by atoms with Gasteiger partial charge in [-0.15, -0.1) is 0 Å². The van der Waals surface area contributed by atoms with Crippen molar-refractivity contribution in [1.29, 1.82) is 0 Å². The van der Waals surface area contributed by atoms with Crippen LogP contribution in [0.4, 0.5) is 0 Å². The van der Waals surface area contributed by atoms with Gasteiger partial charge in [0.25, 0.3) is 0 Å². The second kappa shape index (κ2) is 8.06. The Hall–Kier alpha value is -2.55. The Labute approximate surface area is 169 Å². The molecule has 8 heteroatoms. The van der Waals surface area contributed by atoms with Crippen LogP contribution in [-0.4, -0.2) is 59.9 Å². The lowest BCUT2D eigenvalue weighted by Gasteiger charge is -2.26. The van der Waals surface area contributed by atoms with Crippen molar-refractivity contribution in [3.8, 4) is 11.6 Å². The second-order valence-corrected chi connectivity index (χ2v) is 7.37. The average molecular weight is 398 g/mol. The third-order valence-electron chi connectivity index (χ3n) is 5.17. The van der Waals surface area contributed by atoms with Crippen molar-refractivity contribution in [2.45, 2.75) is 32.0 Å². The van der Waals surface area contributed by atoms with E-state index in [0.717, 1.165) is 28.7 Å². The van der Waals surface area contributed by atoms with Gasteiger partial charge in [0.2, 0.25) is 0 Å². The monoisotopic (exact) mass is 398 g/mol. The zero-order valence-electron chi connectivity index (χ0n) is 17.2. The molecule has 0 spiro atoms. The first-order valence-electron chi connectivity index (χ1n) is 9.66. The lowest BCUT2D eigenvalue weighted by Crippen LogP contribution is -2.30. The van der Waals surface area contributed by atoms with Gasteiger partial charge in [-0.25, -0.2) is 9.67 Å². The minimum atomic E-state index is -0.598. The summed E-state index contributed by atoms with van der Waals surface area (Å²) < 4.78 is 24.6. The number of fused-ring (bicyclic) bond motifs is 1. The zero-order chi connectivity index (χ0) is 20.4. The third-order valence-corrected chi connectivity index (χ3v) is 5.17. The van der Waals surface area contributed by atoms with Gasteiger partial charge >= 0.3 is 0 Å². The summed E-state index contributed by atoms with van der Waals surface area (Å²) in [5.41, 5.74) is 2.02. The number of methoxy groups -OCH3 is 2. The Morgan fingerprint density at radius 2 is 2.10 bits per heavy atom. The predicted molar refractivity (Wildman–Crippen MR) is 107 cm³/mol. The molecule has 1 saturated heterocycles. The van der Waals surface area contributed by atoms with E-state index in [4.69, 9.17) is 23.9 Å². The molecule has 0 N–H and O–H groups in total. The molecule has 0 bridgehead atoms. The molecule has 0 saturated carbocycles. The number of aryl methyl sites for hydroxylation is 1. The Morgan fingerprint density at radius 1 is 1.24 bits per heavy atom. The SMILES string of the molecule is COCC(C)Oc1cc(-n2ncc3cnc(C)cc32)nc(C2(OC)CCOC2)c1. The smallest absolute Gasteiger partial charge is 0.158 e. The van der Waals surface area contributed by atoms with Gasteiger partial charge in [-0.05, 0) is 19.9 Å². The molecule has 0 radical (unpaired) electrons. The van der Waals surface area contributed by atoms with E-state index in [1.807, 2.05) is 38.2 Å². The first kappa shape index (κ1) is 19.8. The van der Waals surface area contributed by atoms with Crippen LogP contribution in [0.1, 0.15) is 24.7 Å². The summed E-state index contributed by atoms with van der Waals surface area (Å²) in [5, 5.41) is 5.49. The molecule has 2 atom stereocenters. The van der Waals surface area contributed by atoms with Crippen molar-refractivity contribution in [3.05, 3.63) is 42.0 Å². The highest BCUT2D eigenvalue weighted by Crippen LogP contribution is 2.35. The van der Waals surface area contributed by atoms with Crippen LogP contribution >= 0.6 is 0 Å². The predicted octanol–water partition coefficient (Wildman–Crippen LogP) is 2.80. The Bertz CT molecular complexity index is 998. The van der Waals surface area contributed by atoms with Gasteiger partial charge in [0.15, 0.2) is 5.82 Å². The standard InChI is InChI=1S/C21H26N4O4/c1-14-7-18-16(10-22-14)11-23-25(18)20-9-17(29-15(2)12-26-3)8-19(24-20)21(27-4)5-6-28-13-21/h7-11,15H,5-6,12-13H2,1-4H3. The summed E-state index contributed by atoms with van der Waals surface area (Å²) in [6.45, 7) is 5.49. The van der Waals surface area contributed by atoms with E-state index in [2.05, 4.69) is 10.1 Å². The van der Waals surface area contributed by atoms with Crippen LogP contribution in [0.3, 0.4) is 0 Å². The summed E-state index contributed by atoms with van der Waals surface area (Å²) in [4.78, 5) is 9.25. The zero-order valence-corrected chi connectivity index (χ0v) is 17.2. The van der Waals surface area contributed by atoms with Gasteiger partial charge in [0.1, 0.15) is 17.5 Å². The molecule has 1 aliphatic rings. The molecule has 3 aromatic rings. The van der Waals surface area contributed by atoms with Crippen molar-refractivity contribution in [1.82, 2.24) is 19.7 Å². The molecule has 1 fully saturated rings. The van der Waals surface area contributed by atoms with Crippen LogP contribution in [0.25, 0.3) is 16.7 Å². The molecule has 0 amide bonds. The second-order valence-electron chi connectivity index (χ2n) is 7.37. The van der Waals surface area contributed by atoms with E-state index in [0.29, 0.717) is 31.4 Å². The highest BCUT2D eigenvalue weighted by Gasteiger charge is 2.39. The van der Waals surface area contributed by atoms with Gasteiger partial charge < -0.3 is 18.9 Å². The van der Waals surface area contributed by atoms with Gasteiger partial charge in [-0.1, -0.05) is 0 Å². The van der Waals surface area contributed by atoms with Gasteiger partial charge in [0.05, 0.1) is 30.6 Å². The van der Waals surface area contributed by atoms with Gasteiger partial charge in [-0.3, -0.25) is 4.98 Å². The lowest BCUT2D eigenvalue weighted by molar-refractivity contribution is -0.0249. The first-order chi connectivity index (χ1) is 14.0. The molecule has 0 aliphatic carbocycles. The molecular weight excluding hydrogens is 372 g/mol. The molecule has 4 heterocycles. The number of hydrogen-bond donors (Lipinski definition) is 0. The fourth-order valence-electron chi connectivity index (χ4n) is 3.62. The van der Waals surface area contributed by atoms with E-state index in [9.17, 15) is 0 Å². The van der Waals surface area contributed by atoms with Gasteiger partial charge in [0, 0.05) is 56.7 Å². The summed E-state index contributed by atoms with van der Waals surface area (Å²) in [7, 11) is 3.35. The van der Waals surface area contributed by atoms with Crippen LogP contribution in [0.5, 0.6) is 5.75 Å². The number of ether oxygens (including phenoxy) is 4. The van der Waals surface area contributed by atoms with Crippen molar-refractivity contribution < 1.29 is 18.9 Å². The Kier molecular flexibility index (Phi) is 5.49. The molecule has 2 unspecified atom stereocenters. The van der Waals surface area contributed by atoms with Crippen molar-refractivity contribution in [2.24, 2.45) is 0 Å². The largest absolute Gasteiger partial charge is 0.488 e. The molecular formula is C21H26N4O4. The fourth-order valence-corrected chi connectivity index (χ4v) is 3.62. The maximum atomic E-state index is 6.10. The molecule has 3 aromatic heterocycles. The van der Waals surface area contributed by atoms with Crippen molar-refractivity contribution in [3.63, 3.8) is 0 Å². The molecule has 154 valence electrons. The normalized spacial score (nSPS) is 20.3. The van der Waals surface area contributed by atoms with E-state index in [1.54, 1.807) is 25.1 Å². The number of nitrogens with zero attached hydrogens (tertiary/aromatic N) is 4. The number of aromatic nitrogens is 4. The van der Waals surface area contributed by atoms with Crippen LogP contribution < -0.4 is 4.74 Å². The van der Waals surface area contributed by atoms with Crippen LogP contribution in [0.15, 0.2) is 30.6 Å². The van der Waals surface area contributed by atoms with Gasteiger partial charge in [-0.2, -0.15) is 5.10 Å². The summed E-state index contributed by atoms with van der Waals surface area (Å²) in [6, 6.07) is 5.80. The fraction of sp³-hybridized carbons (Fsp3) is 0.476. The molecule has 0 aromatic carbocycles. The van der Waals surface area contributed by atoms with Crippen molar-refractivity contribution >= 4 is 10.9 Å². The van der Waals surface area contributed by atoms with E-state index in [1.165, 1.54) is 0 Å². The first-order valence-corrected chi connectivity index (χ1v) is 9.66. The summed E-state index contributed by atoms with van der Waals surface area (Å²) in [5.74, 6) is 1.35. The molecule has 4 rings (SSSR count). The Balaban J connectivity index is 1.83. The minimum Gasteiger partial charge on any atom is -0.488 e. The molecule has 1 aliphatic heterocycles. The van der Waals surface area contributed by atoms with E-state index in [-0.39, 0.29) is 6.10 Å². The van der Waals surface area contributed by atoms with Crippen LogP contribution in [0.2, 0.25) is 0 Å². The van der Waals surface area contributed by atoms with Crippen molar-refractivity contribution in [2.75, 3.05) is 34.0 Å².